The maximum atomic E-state index is 11.9. The molecule has 1 amide bonds. The molecule has 0 unspecified atom stereocenters. The third kappa shape index (κ3) is 2.70. The highest BCUT2D eigenvalue weighted by atomic mass is 16.3. The van der Waals surface area contributed by atoms with Crippen molar-refractivity contribution in [3.05, 3.63) is 30.1 Å². The molecular formula is C14H20N2O2. The van der Waals surface area contributed by atoms with Gasteiger partial charge in [0.1, 0.15) is 5.60 Å². The Kier molecular flexibility index (Phi) is 3.66. The van der Waals surface area contributed by atoms with E-state index in [4.69, 9.17) is 0 Å². The summed E-state index contributed by atoms with van der Waals surface area (Å²) in [7, 11) is 0. The van der Waals surface area contributed by atoms with Crippen LogP contribution in [0.2, 0.25) is 0 Å². The maximum Gasteiger partial charge on any atom is 0.223 e. The summed E-state index contributed by atoms with van der Waals surface area (Å²) in [6.07, 6.45) is 4.71. The molecule has 2 rings (SSSR count). The first-order valence-electron chi connectivity index (χ1n) is 6.40. The molecular weight excluding hydrogens is 228 g/mol. The van der Waals surface area contributed by atoms with E-state index in [1.807, 2.05) is 26.0 Å². The van der Waals surface area contributed by atoms with E-state index in [1.54, 1.807) is 17.3 Å². The third-order valence-electron chi connectivity index (χ3n) is 3.73. The van der Waals surface area contributed by atoms with Crippen molar-refractivity contribution in [2.75, 3.05) is 13.1 Å². The number of rotatable bonds is 4. The highest BCUT2D eigenvalue weighted by Crippen LogP contribution is 2.29. The smallest absolute Gasteiger partial charge is 0.223 e. The molecule has 1 saturated heterocycles. The zero-order valence-electron chi connectivity index (χ0n) is 11.0. The average molecular weight is 248 g/mol. The summed E-state index contributed by atoms with van der Waals surface area (Å²) in [6, 6.07) is 3.85. The Hall–Kier alpha value is -1.42. The number of pyridine rings is 1. The molecule has 0 bridgehead atoms. The topological polar surface area (TPSA) is 53.4 Å². The molecule has 18 heavy (non-hydrogen) atoms. The van der Waals surface area contributed by atoms with Gasteiger partial charge < -0.3 is 10.0 Å². The van der Waals surface area contributed by atoms with Crippen LogP contribution in [0.4, 0.5) is 0 Å². The van der Waals surface area contributed by atoms with Crippen LogP contribution in [0.5, 0.6) is 0 Å². The Morgan fingerprint density at radius 1 is 1.44 bits per heavy atom. The normalized spacial score (nSPS) is 17.7. The quantitative estimate of drug-likeness (QED) is 0.872. The van der Waals surface area contributed by atoms with Crippen molar-refractivity contribution < 1.29 is 9.90 Å². The molecule has 0 radical (unpaired) electrons. The number of aromatic nitrogens is 1. The van der Waals surface area contributed by atoms with E-state index in [-0.39, 0.29) is 11.8 Å². The predicted molar refractivity (Wildman–Crippen MR) is 68.9 cm³/mol. The standard InChI is InChI=1S/C14H20N2O2/c1-11(2)14(18)9-16(10-14)13(17)4-3-12-5-7-15-8-6-12/h5-8,11,18H,3-4,9-10H2,1-2H3. The van der Waals surface area contributed by atoms with E-state index in [0.29, 0.717) is 19.5 Å². The van der Waals surface area contributed by atoms with Crippen LogP contribution in [-0.4, -0.2) is 39.6 Å². The Balaban J connectivity index is 1.78. The Labute approximate surface area is 108 Å². The van der Waals surface area contributed by atoms with Crippen molar-refractivity contribution in [3.8, 4) is 0 Å². The minimum Gasteiger partial charge on any atom is -0.386 e. The van der Waals surface area contributed by atoms with Gasteiger partial charge in [-0.05, 0) is 30.0 Å². The van der Waals surface area contributed by atoms with E-state index >= 15 is 0 Å². The van der Waals surface area contributed by atoms with Crippen LogP contribution in [0.15, 0.2) is 24.5 Å². The molecule has 4 heteroatoms. The van der Waals surface area contributed by atoms with Gasteiger partial charge in [-0.15, -0.1) is 0 Å². The molecule has 4 nitrogen and oxygen atoms in total. The lowest BCUT2D eigenvalue weighted by molar-refractivity contribution is -0.163. The van der Waals surface area contributed by atoms with Crippen LogP contribution in [0.25, 0.3) is 0 Å². The summed E-state index contributed by atoms with van der Waals surface area (Å²) in [6.45, 7) is 4.91. The fourth-order valence-corrected chi connectivity index (χ4v) is 2.12. The second-order valence-electron chi connectivity index (χ2n) is 5.36. The lowest BCUT2D eigenvalue weighted by Crippen LogP contribution is -2.65. The minimum atomic E-state index is -0.674. The van der Waals surface area contributed by atoms with Gasteiger partial charge in [0, 0.05) is 18.8 Å². The second-order valence-corrected chi connectivity index (χ2v) is 5.36. The van der Waals surface area contributed by atoms with Gasteiger partial charge in [-0.3, -0.25) is 9.78 Å². The fraction of sp³-hybridized carbons (Fsp3) is 0.571. The maximum absolute atomic E-state index is 11.9. The van der Waals surface area contributed by atoms with Crippen molar-refractivity contribution in [2.45, 2.75) is 32.3 Å². The molecule has 0 aliphatic carbocycles. The first-order chi connectivity index (χ1) is 8.51. The molecule has 0 saturated carbocycles. The van der Waals surface area contributed by atoms with Crippen LogP contribution in [-0.2, 0) is 11.2 Å². The number of carbonyl (C=O) groups excluding carboxylic acids is 1. The zero-order valence-corrected chi connectivity index (χ0v) is 11.0. The predicted octanol–water partition coefficient (Wildman–Crippen LogP) is 1.24. The van der Waals surface area contributed by atoms with Crippen LogP contribution in [0.3, 0.4) is 0 Å². The van der Waals surface area contributed by atoms with Gasteiger partial charge in [0.2, 0.25) is 5.91 Å². The Morgan fingerprint density at radius 3 is 2.61 bits per heavy atom. The van der Waals surface area contributed by atoms with Gasteiger partial charge in [0.05, 0.1) is 13.1 Å². The summed E-state index contributed by atoms with van der Waals surface area (Å²) in [5.41, 5.74) is 0.449. The van der Waals surface area contributed by atoms with E-state index in [0.717, 1.165) is 12.0 Å². The summed E-state index contributed by atoms with van der Waals surface area (Å²) >= 11 is 0. The highest BCUT2D eigenvalue weighted by molar-refractivity contribution is 5.77. The number of β-amino-alcohol motifs (C(OH)–C–C–N with tert-alkyl or cyclic N) is 1. The minimum absolute atomic E-state index is 0.122. The third-order valence-corrected chi connectivity index (χ3v) is 3.73. The van der Waals surface area contributed by atoms with Gasteiger partial charge in [0.25, 0.3) is 0 Å². The number of likely N-dealkylation sites (tertiary alicyclic amines) is 1. The first kappa shape index (κ1) is 13.0. The highest BCUT2D eigenvalue weighted by Gasteiger charge is 2.45. The largest absolute Gasteiger partial charge is 0.386 e. The Morgan fingerprint density at radius 2 is 2.06 bits per heavy atom. The molecule has 0 atom stereocenters. The van der Waals surface area contributed by atoms with E-state index < -0.39 is 5.60 Å². The number of nitrogens with zero attached hydrogens (tertiary/aromatic N) is 2. The number of aryl methyl sites for hydroxylation is 1. The van der Waals surface area contributed by atoms with Crippen LogP contribution >= 0.6 is 0 Å². The van der Waals surface area contributed by atoms with Crippen molar-refractivity contribution in [2.24, 2.45) is 5.92 Å². The van der Waals surface area contributed by atoms with E-state index in [1.165, 1.54) is 0 Å². The Bertz CT molecular complexity index is 411. The SMILES string of the molecule is CC(C)C1(O)CN(C(=O)CCc2ccncc2)C1. The molecule has 98 valence electrons. The first-order valence-corrected chi connectivity index (χ1v) is 6.40. The lowest BCUT2D eigenvalue weighted by Gasteiger charge is -2.49. The molecule has 1 fully saturated rings. The molecule has 0 spiro atoms. The molecule has 1 aromatic heterocycles. The average Bonchev–Trinajstić information content (AvgIpc) is 2.33. The van der Waals surface area contributed by atoms with E-state index in [2.05, 4.69) is 4.98 Å². The van der Waals surface area contributed by atoms with Crippen molar-refractivity contribution in [3.63, 3.8) is 0 Å². The molecule has 1 N–H and O–H groups in total. The number of carbonyl (C=O) groups is 1. The zero-order chi connectivity index (χ0) is 13.2. The van der Waals surface area contributed by atoms with Crippen LogP contribution in [0.1, 0.15) is 25.8 Å². The number of amides is 1. The van der Waals surface area contributed by atoms with Crippen molar-refractivity contribution in [1.29, 1.82) is 0 Å². The molecule has 1 aromatic rings. The van der Waals surface area contributed by atoms with Gasteiger partial charge in [0.15, 0.2) is 0 Å². The van der Waals surface area contributed by atoms with Crippen LogP contribution in [0, 0.1) is 5.92 Å². The number of hydrogen-bond donors (Lipinski definition) is 1. The van der Waals surface area contributed by atoms with Gasteiger partial charge in [-0.25, -0.2) is 0 Å². The fourth-order valence-electron chi connectivity index (χ4n) is 2.12. The summed E-state index contributed by atoms with van der Waals surface area (Å²) < 4.78 is 0. The number of aliphatic hydroxyl groups is 1. The molecule has 1 aliphatic heterocycles. The van der Waals surface area contributed by atoms with Gasteiger partial charge in [-0.1, -0.05) is 13.8 Å². The van der Waals surface area contributed by atoms with Crippen molar-refractivity contribution in [1.82, 2.24) is 9.88 Å². The van der Waals surface area contributed by atoms with E-state index in [9.17, 15) is 9.90 Å². The summed E-state index contributed by atoms with van der Waals surface area (Å²) in [5, 5.41) is 10.1. The molecule has 0 aromatic carbocycles. The van der Waals surface area contributed by atoms with Gasteiger partial charge >= 0.3 is 0 Å². The van der Waals surface area contributed by atoms with Gasteiger partial charge in [-0.2, -0.15) is 0 Å². The van der Waals surface area contributed by atoms with Crippen molar-refractivity contribution >= 4 is 5.91 Å². The number of hydrogen-bond acceptors (Lipinski definition) is 3. The summed E-state index contributed by atoms with van der Waals surface area (Å²) in [5.74, 6) is 0.318. The van der Waals surface area contributed by atoms with Crippen LogP contribution < -0.4 is 0 Å². The lowest BCUT2D eigenvalue weighted by atomic mass is 9.83. The second kappa shape index (κ2) is 5.06. The molecule has 1 aliphatic rings. The monoisotopic (exact) mass is 248 g/mol. The summed E-state index contributed by atoms with van der Waals surface area (Å²) in [4.78, 5) is 17.6. The molecule has 2 heterocycles.